The summed E-state index contributed by atoms with van der Waals surface area (Å²) >= 11 is 0. The summed E-state index contributed by atoms with van der Waals surface area (Å²) in [7, 11) is 2.00. The molecule has 0 fully saturated rings. The molecule has 3 aromatic rings. The Morgan fingerprint density at radius 1 is 1.11 bits per heavy atom. The number of rotatable bonds is 4. The van der Waals surface area contributed by atoms with E-state index in [-0.39, 0.29) is 5.91 Å². The van der Waals surface area contributed by atoms with Crippen molar-refractivity contribution in [3.05, 3.63) is 65.9 Å². The van der Waals surface area contributed by atoms with Gasteiger partial charge in [-0.15, -0.1) is 0 Å². The van der Waals surface area contributed by atoms with Gasteiger partial charge in [-0.25, -0.2) is 0 Å². The van der Waals surface area contributed by atoms with Crippen LogP contribution in [0, 0.1) is 0 Å². The number of carbonyl (C=O) groups is 1. The minimum absolute atomic E-state index is 0.183. The van der Waals surface area contributed by atoms with Gasteiger partial charge in [0.25, 0.3) is 0 Å². The zero-order chi connectivity index (χ0) is 18.6. The van der Waals surface area contributed by atoms with Gasteiger partial charge in [0.15, 0.2) is 0 Å². The number of hydrogen-bond donors (Lipinski definition) is 0. The van der Waals surface area contributed by atoms with E-state index in [0.717, 1.165) is 42.9 Å². The Hall–Kier alpha value is -3.02. The van der Waals surface area contributed by atoms with E-state index in [9.17, 15) is 4.79 Å². The molecule has 0 saturated carbocycles. The van der Waals surface area contributed by atoms with E-state index in [1.165, 1.54) is 11.3 Å². The molecule has 4 rings (SSSR count). The van der Waals surface area contributed by atoms with Gasteiger partial charge in [0.2, 0.25) is 5.91 Å². The molecule has 1 aromatic carbocycles. The first-order valence-electron chi connectivity index (χ1n) is 9.35. The molecule has 0 atom stereocenters. The van der Waals surface area contributed by atoms with E-state index in [4.69, 9.17) is 5.10 Å². The van der Waals surface area contributed by atoms with Crippen LogP contribution >= 0.6 is 0 Å². The predicted octanol–water partition coefficient (Wildman–Crippen LogP) is 2.44. The fraction of sp³-hybridized carbons (Fsp3) is 0.333. The molecule has 1 aliphatic heterocycles. The molecule has 1 amide bonds. The minimum Gasteiger partial charge on any atom is -0.342 e. The molecular formula is C21H23N5O. The van der Waals surface area contributed by atoms with Gasteiger partial charge >= 0.3 is 0 Å². The lowest BCUT2D eigenvalue weighted by Gasteiger charge is -2.20. The van der Waals surface area contributed by atoms with E-state index < -0.39 is 0 Å². The van der Waals surface area contributed by atoms with Crippen LogP contribution in [0.2, 0.25) is 0 Å². The fourth-order valence-electron chi connectivity index (χ4n) is 3.71. The van der Waals surface area contributed by atoms with Crippen molar-refractivity contribution in [3.63, 3.8) is 0 Å². The van der Waals surface area contributed by atoms with Crippen molar-refractivity contribution in [1.29, 1.82) is 0 Å². The minimum atomic E-state index is 0.183. The molecule has 138 valence electrons. The van der Waals surface area contributed by atoms with Gasteiger partial charge in [0, 0.05) is 68.4 Å². The van der Waals surface area contributed by atoms with Crippen LogP contribution in [0.25, 0.3) is 11.3 Å². The maximum absolute atomic E-state index is 12.7. The molecular weight excluding hydrogens is 338 g/mol. The highest BCUT2D eigenvalue weighted by Crippen LogP contribution is 2.28. The van der Waals surface area contributed by atoms with E-state index in [0.29, 0.717) is 12.8 Å². The molecule has 27 heavy (non-hydrogen) atoms. The maximum atomic E-state index is 12.7. The summed E-state index contributed by atoms with van der Waals surface area (Å²) in [6, 6.07) is 10.3. The Bertz CT molecular complexity index is 921. The highest BCUT2D eigenvalue weighted by Gasteiger charge is 2.24. The summed E-state index contributed by atoms with van der Waals surface area (Å²) in [6.07, 6.45) is 7.82. The van der Waals surface area contributed by atoms with Crippen LogP contribution in [0.4, 0.5) is 0 Å². The monoisotopic (exact) mass is 361 g/mol. The molecule has 1 aliphatic rings. The summed E-state index contributed by atoms with van der Waals surface area (Å²) in [5, 5.41) is 4.75. The fourth-order valence-corrected chi connectivity index (χ4v) is 3.71. The van der Waals surface area contributed by atoms with Gasteiger partial charge in [0.1, 0.15) is 0 Å². The second-order valence-corrected chi connectivity index (χ2v) is 6.84. The van der Waals surface area contributed by atoms with Crippen LogP contribution in [-0.4, -0.2) is 43.6 Å². The van der Waals surface area contributed by atoms with Crippen LogP contribution in [0.1, 0.15) is 23.4 Å². The lowest BCUT2D eigenvalue weighted by molar-refractivity contribution is -0.131. The number of hydrogen-bond acceptors (Lipinski definition) is 4. The van der Waals surface area contributed by atoms with E-state index in [1.54, 1.807) is 18.6 Å². The van der Waals surface area contributed by atoms with E-state index in [2.05, 4.69) is 22.1 Å². The number of aryl methyl sites for hydroxylation is 2. The summed E-state index contributed by atoms with van der Waals surface area (Å²) in [6.45, 7) is 1.47. The van der Waals surface area contributed by atoms with Crippen molar-refractivity contribution in [2.24, 2.45) is 7.05 Å². The Labute approximate surface area is 158 Å². The number of aromatic nitrogens is 4. The molecule has 0 bridgehead atoms. The first kappa shape index (κ1) is 17.4. The standard InChI is InChI=1S/C21H23N5O/c1-25-19-10-14-26(20(27)8-7-17-15-22-11-12-23-17)13-9-18(19)21(24-25)16-5-3-2-4-6-16/h2-6,11-12,15H,7-10,13-14H2,1H3. The van der Waals surface area contributed by atoms with Crippen molar-refractivity contribution >= 4 is 5.91 Å². The maximum Gasteiger partial charge on any atom is 0.222 e. The average Bonchev–Trinajstić information content (AvgIpc) is 2.89. The largest absolute Gasteiger partial charge is 0.342 e. The van der Waals surface area contributed by atoms with Crippen LogP contribution in [0.5, 0.6) is 0 Å². The van der Waals surface area contributed by atoms with Gasteiger partial charge in [-0.1, -0.05) is 30.3 Å². The molecule has 0 saturated heterocycles. The highest BCUT2D eigenvalue weighted by molar-refractivity contribution is 5.76. The summed E-state index contributed by atoms with van der Waals surface area (Å²) < 4.78 is 1.98. The SMILES string of the molecule is Cn1nc(-c2ccccc2)c2c1CCN(C(=O)CCc1cnccn1)CC2. The topological polar surface area (TPSA) is 63.9 Å². The highest BCUT2D eigenvalue weighted by atomic mass is 16.2. The molecule has 6 nitrogen and oxygen atoms in total. The first-order valence-corrected chi connectivity index (χ1v) is 9.35. The Kier molecular flexibility index (Phi) is 4.96. The summed E-state index contributed by atoms with van der Waals surface area (Å²) in [5.74, 6) is 0.183. The van der Waals surface area contributed by atoms with Crippen molar-refractivity contribution < 1.29 is 4.79 Å². The third-order valence-corrected chi connectivity index (χ3v) is 5.14. The Morgan fingerprint density at radius 3 is 2.70 bits per heavy atom. The third kappa shape index (κ3) is 3.74. The Balaban J connectivity index is 1.46. The average molecular weight is 361 g/mol. The summed E-state index contributed by atoms with van der Waals surface area (Å²) in [4.78, 5) is 23.0. The number of fused-ring (bicyclic) bond motifs is 1. The van der Waals surface area contributed by atoms with Gasteiger partial charge < -0.3 is 4.90 Å². The molecule has 0 spiro atoms. The van der Waals surface area contributed by atoms with Crippen LogP contribution < -0.4 is 0 Å². The van der Waals surface area contributed by atoms with Gasteiger partial charge in [-0.2, -0.15) is 5.10 Å². The third-order valence-electron chi connectivity index (χ3n) is 5.14. The molecule has 6 heteroatoms. The van der Waals surface area contributed by atoms with Crippen molar-refractivity contribution in [2.75, 3.05) is 13.1 Å². The zero-order valence-corrected chi connectivity index (χ0v) is 15.5. The smallest absolute Gasteiger partial charge is 0.222 e. The lowest BCUT2D eigenvalue weighted by atomic mass is 10.0. The van der Waals surface area contributed by atoms with Crippen molar-refractivity contribution in [1.82, 2.24) is 24.6 Å². The van der Waals surface area contributed by atoms with Gasteiger partial charge in [0.05, 0.1) is 11.4 Å². The van der Waals surface area contributed by atoms with Crippen LogP contribution in [-0.2, 0) is 31.1 Å². The number of benzene rings is 1. The second-order valence-electron chi connectivity index (χ2n) is 6.84. The van der Waals surface area contributed by atoms with Crippen molar-refractivity contribution in [2.45, 2.75) is 25.7 Å². The van der Waals surface area contributed by atoms with Gasteiger partial charge in [-0.3, -0.25) is 19.4 Å². The number of amides is 1. The predicted molar refractivity (Wildman–Crippen MR) is 103 cm³/mol. The normalized spacial score (nSPS) is 13.9. The number of nitrogens with zero attached hydrogens (tertiary/aromatic N) is 5. The lowest BCUT2D eigenvalue weighted by Crippen LogP contribution is -2.33. The van der Waals surface area contributed by atoms with E-state index >= 15 is 0 Å². The molecule has 3 heterocycles. The van der Waals surface area contributed by atoms with Crippen LogP contribution in [0.3, 0.4) is 0 Å². The molecule has 0 aliphatic carbocycles. The quantitative estimate of drug-likeness (QED) is 0.716. The van der Waals surface area contributed by atoms with Crippen molar-refractivity contribution in [3.8, 4) is 11.3 Å². The molecule has 0 unspecified atom stereocenters. The Morgan fingerprint density at radius 2 is 1.93 bits per heavy atom. The second kappa shape index (κ2) is 7.70. The van der Waals surface area contributed by atoms with Crippen LogP contribution in [0.15, 0.2) is 48.9 Å². The number of carbonyl (C=O) groups excluding carboxylic acids is 1. The molecule has 2 aromatic heterocycles. The molecule has 0 radical (unpaired) electrons. The summed E-state index contributed by atoms with van der Waals surface area (Å²) in [5.41, 5.74) is 5.55. The van der Waals surface area contributed by atoms with Gasteiger partial charge in [-0.05, 0) is 12.8 Å². The first-order chi connectivity index (χ1) is 13.2. The molecule has 0 N–H and O–H groups in total. The zero-order valence-electron chi connectivity index (χ0n) is 15.5. The van der Waals surface area contributed by atoms with E-state index in [1.807, 2.05) is 34.8 Å².